The number of benzene rings is 1. The van der Waals surface area contributed by atoms with Gasteiger partial charge in [-0.25, -0.2) is 4.39 Å². The van der Waals surface area contributed by atoms with Gasteiger partial charge in [0.15, 0.2) is 0 Å². The summed E-state index contributed by atoms with van der Waals surface area (Å²) in [5.74, 6) is -0.871. The van der Waals surface area contributed by atoms with E-state index in [0.29, 0.717) is 18.2 Å². The molecule has 0 aliphatic heterocycles. The number of nitriles is 1. The molecule has 1 nitrogen and oxygen atoms in total. The van der Waals surface area contributed by atoms with E-state index in [4.69, 9.17) is 5.26 Å². The van der Waals surface area contributed by atoms with Gasteiger partial charge in [-0.15, -0.1) is 0 Å². The molecule has 0 spiro atoms. The predicted molar refractivity (Wildman–Crippen MR) is 48.7 cm³/mol. The number of alkyl halides is 3. The monoisotopic (exact) mass is 235 g/mol. The number of halogens is 4. The van der Waals surface area contributed by atoms with E-state index in [0.717, 1.165) is 0 Å². The van der Waals surface area contributed by atoms with E-state index in [-0.39, 0.29) is 5.56 Å². The second kappa shape index (κ2) is 4.11. The van der Waals surface area contributed by atoms with Gasteiger partial charge in [0.05, 0.1) is 11.6 Å². The van der Waals surface area contributed by atoms with Gasteiger partial charge >= 0.3 is 6.18 Å². The van der Waals surface area contributed by atoms with Crippen LogP contribution in [0.4, 0.5) is 17.6 Å². The standard InChI is InChI=1S/C9H5F4NS/c10-7-2-1-5(9(11,12)13)3-6(7)8(15)4-14/h1-3,8,15H. The minimum absolute atomic E-state index is 0.365. The van der Waals surface area contributed by atoms with Crippen LogP contribution in [-0.2, 0) is 6.18 Å². The van der Waals surface area contributed by atoms with Crippen molar-refractivity contribution in [3.05, 3.63) is 35.1 Å². The molecule has 0 N–H and O–H groups in total. The largest absolute Gasteiger partial charge is 0.416 e. The topological polar surface area (TPSA) is 23.8 Å². The van der Waals surface area contributed by atoms with Crippen molar-refractivity contribution < 1.29 is 17.6 Å². The maximum atomic E-state index is 13.0. The van der Waals surface area contributed by atoms with Gasteiger partial charge in [0.1, 0.15) is 11.1 Å². The highest BCUT2D eigenvalue weighted by Gasteiger charge is 2.31. The fourth-order valence-electron chi connectivity index (χ4n) is 0.999. The first-order chi connectivity index (χ1) is 6.86. The lowest BCUT2D eigenvalue weighted by molar-refractivity contribution is -0.137. The smallest absolute Gasteiger partial charge is 0.207 e. The van der Waals surface area contributed by atoms with Crippen LogP contribution in [-0.4, -0.2) is 0 Å². The van der Waals surface area contributed by atoms with E-state index >= 15 is 0 Å². The summed E-state index contributed by atoms with van der Waals surface area (Å²) in [6.45, 7) is 0. The summed E-state index contributed by atoms with van der Waals surface area (Å²) in [6, 6.07) is 3.45. The lowest BCUT2D eigenvalue weighted by Crippen LogP contribution is -2.06. The third kappa shape index (κ3) is 2.63. The Labute approximate surface area is 88.7 Å². The van der Waals surface area contributed by atoms with Crippen molar-refractivity contribution in [3.63, 3.8) is 0 Å². The van der Waals surface area contributed by atoms with Crippen molar-refractivity contribution in [1.29, 1.82) is 5.26 Å². The lowest BCUT2D eigenvalue weighted by Gasteiger charge is -2.10. The van der Waals surface area contributed by atoms with Crippen LogP contribution in [0.1, 0.15) is 16.4 Å². The van der Waals surface area contributed by atoms with E-state index in [1.54, 1.807) is 6.07 Å². The second-order valence-electron chi connectivity index (χ2n) is 2.77. The van der Waals surface area contributed by atoms with Crippen LogP contribution in [0.2, 0.25) is 0 Å². The summed E-state index contributed by atoms with van der Waals surface area (Å²) >= 11 is 3.66. The van der Waals surface area contributed by atoms with Gasteiger partial charge in [0, 0.05) is 5.56 Å². The molecule has 0 bridgehead atoms. The Bertz CT molecular complexity index is 408. The Balaban J connectivity index is 3.24. The summed E-state index contributed by atoms with van der Waals surface area (Å²) in [7, 11) is 0. The molecule has 0 saturated carbocycles. The molecule has 1 atom stereocenters. The van der Waals surface area contributed by atoms with Crippen molar-refractivity contribution in [1.82, 2.24) is 0 Å². The highest BCUT2D eigenvalue weighted by atomic mass is 32.1. The molecule has 0 saturated heterocycles. The molecule has 0 radical (unpaired) electrons. The van der Waals surface area contributed by atoms with Crippen LogP contribution < -0.4 is 0 Å². The summed E-state index contributed by atoms with van der Waals surface area (Å²) < 4.78 is 49.7. The Hall–Kier alpha value is -1.22. The fourth-order valence-corrected chi connectivity index (χ4v) is 1.20. The fraction of sp³-hybridized carbons (Fsp3) is 0.222. The van der Waals surface area contributed by atoms with Gasteiger partial charge in [-0.3, -0.25) is 0 Å². The summed E-state index contributed by atoms with van der Waals surface area (Å²) in [4.78, 5) is 0. The van der Waals surface area contributed by atoms with Gasteiger partial charge in [-0.2, -0.15) is 31.1 Å². The molecule has 1 unspecified atom stereocenters. The van der Waals surface area contributed by atoms with E-state index in [2.05, 4.69) is 12.6 Å². The van der Waals surface area contributed by atoms with Gasteiger partial charge in [0.25, 0.3) is 0 Å². The number of nitrogens with zero attached hydrogens (tertiary/aromatic N) is 1. The van der Waals surface area contributed by atoms with Crippen molar-refractivity contribution in [2.75, 3.05) is 0 Å². The van der Waals surface area contributed by atoms with Crippen LogP contribution in [0.3, 0.4) is 0 Å². The quantitative estimate of drug-likeness (QED) is 0.585. The van der Waals surface area contributed by atoms with Crippen LogP contribution in [0.5, 0.6) is 0 Å². The average molecular weight is 235 g/mol. The molecular formula is C9H5F4NS. The highest BCUT2D eigenvalue weighted by Crippen LogP contribution is 2.32. The van der Waals surface area contributed by atoms with Crippen LogP contribution in [0, 0.1) is 17.1 Å². The van der Waals surface area contributed by atoms with E-state index < -0.39 is 22.8 Å². The normalized spacial score (nSPS) is 13.3. The van der Waals surface area contributed by atoms with Crippen LogP contribution >= 0.6 is 12.6 Å². The van der Waals surface area contributed by atoms with Gasteiger partial charge < -0.3 is 0 Å². The molecule has 0 aromatic heterocycles. The number of rotatable bonds is 1. The Morgan fingerprint density at radius 1 is 1.33 bits per heavy atom. The molecule has 6 heteroatoms. The SMILES string of the molecule is N#CC(S)c1cc(C(F)(F)F)ccc1F. The third-order valence-corrected chi connectivity index (χ3v) is 2.13. The molecule has 0 aliphatic carbocycles. The van der Waals surface area contributed by atoms with Gasteiger partial charge in [0.2, 0.25) is 0 Å². The van der Waals surface area contributed by atoms with E-state index in [9.17, 15) is 17.6 Å². The Morgan fingerprint density at radius 2 is 1.93 bits per heavy atom. The van der Waals surface area contributed by atoms with Crippen LogP contribution in [0.25, 0.3) is 0 Å². The molecule has 0 amide bonds. The van der Waals surface area contributed by atoms with Crippen molar-refractivity contribution >= 4 is 12.6 Å². The Morgan fingerprint density at radius 3 is 2.40 bits per heavy atom. The summed E-state index contributed by atoms with van der Waals surface area (Å²) in [5.41, 5.74) is -1.36. The maximum Gasteiger partial charge on any atom is 0.416 e. The first kappa shape index (κ1) is 11.9. The van der Waals surface area contributed by atoms with Crippen molar-refractivity contribution in [3.8, 4) is 6.07 Å². The molecule has 1 rings (SSSR count). The zero-order chi connectivity index (χ0) is 11.6. The molecular weight excluding hydrogens is 230 g/mol. The molecule has 80 valence electrons. The minimum atomic E-state index is -4.55. The van der Waals surface area contributed by atoms with Gasteiger partial charge in [-0.1, -0.05) is 0 Å². The predicted octanol–water partition coefficient (Wildman–Crippen LogP) is 3.34. The van der Waals surface area contributed by atoms with Crippen LogP contribution in [0.15, 0.2) is 18.2 Å². The Kier molecular flexibility index (Phi) is 3.25. The summed E-state index contributed by atoms with van der Waals surface area (Å²) in [6.07, 6.45) is -4.55. The third-order valence-electron chi connectivity index (χ3n) is 1.74. The number of hydrogen-bond acceptors (Lipinski definition) is 2. The molecule has 1 aromatic rings. The molecule has 0 fully saturated rings. The molecule has 0 aliphatic rings. The molecule has 0 heterocycles. The second-order valence-corrected chi connectivity index (χ2v) is 3.28. The van der Waals surface area contributed by atoms with Crippen molar-refractivity contribution in [2.24, 2.45) is 0 Å². The number of hydrogen-bond donors (Lipinski definition) is 1. The first-order valence-corrected chi connectivity index (χ1v) is 4.32. The van der Waals surface area contributed by atoms with E-state index in [1.165, 1.54) is 0 Å². The summed E-state index contributed by atoms with van der Waals surface area (Å²) in [5, 5.41) is 7.23. The minimum Gasteiger partial charge on any atom is -0.207 e. The van der Waals surface area contributed by atoms with Gasteiger partial charge in [-0.05, 0) is 18.2 Å². The first-order valence-electron chi connectivity index (χ1n) is 3.80. The average Bonchev–Trinajstić information content (AvgIpc) is 2.15. The molecule has 1 aromatic carbocycles. The van der Waals surface area contributed by atoms with Crippen molar-refractivity contribution in [2.45, 2.75) is 11.4 Å². The highest BCUT2D eigenvalue weighted by molar-refractivity contribution is 7.80. The molecule has 15 heavy (non-hydrogen) atoms. The zero-order valence-corrected chi connectivity index (χ0v) is 8.11. The maximum absolute atomic E-state index is 13.0. The number of thiol groups is 1. The lowest BCUT2D eigenvalue weighted by atomic mass is 10.1. The zero-order valence-electron chi connectivity index (χ0n) is 7.22. The van der Waals surface area contributed by atoms with E-state index in [1.807, 2.05) is 0 Å².